The van der Waals surface area contributed by atoms with Crippen LogP contribution in [0.2, 0.25) is 10.0 Å². The minimum absolute atomic E-state index is 0.122. The first kappa shape index (κ1) is 21.4. The number of nitrogens with two attached hydrogens (primary N) is 1. The summed E-state index contributed by atoms with van der Waals surface area (Å²) in [5.74, 6) is -0.494. The number of benzene rings is 2. The van der Waals surface area contributed by atoms with Crippen LogP contribution >= 0.6 is 35.4 Å². The van der Waals surface area contributed by atoms with E-state index >= 15 is 0 Å². The summed E-state index contributed by atoms with van der Waals surface area (Å²) in [7, 11) is 0. The van der Waals surface area contributed by atoms with Gasteiger partial charge in [0, 0.05) is 26.9 Å². The van der Waals surface area contributed by atoms with E-state index in [0.29, 0.717) is 38.3 Å². The molecule has 1 unspecified atom stereocenters. The number of fused-ring (bicyclic) bond motifs is 1. The standard InChI is InChI=1S/C22H18Cl2N4O2S/c1-11-15(21(29)30-10-12-6-3-2-4-7-12)17(16-13(23)8-5-9-14(16)24)18-19(25)27-22(31)28-20(18)26-11/h2-9,17H,10H2,1H3,(H4,25,26,27,28,31). The molecule has 2 aromatic carbocycles. The third-order valence-electron chi connectivity index (χ3n) is 5.01. The number of esters is 1. The summed E-state index contributed by atoms with van der Waals surface area (Å²) in [6.07, 6.45) is 0. The molecule has 2 heterocycles. The van der Waals surface area contributed by atoms with Crippen molar-refractivity contribution in [3.8, 4) is 0 Å². The maximum atomic E-state index is 13.3. The van der Waals surface area contributed by atoms with Crippen molar-refractivity contribution in [2.75, 3.05) is 11.1 Å². The maximum Gasteiger partial charge on any atom is 0.337 e. The summed E-state index contributed by atoms with van der Waals surface area (Å²) < 4.78 is 5.85. The van der Waals surface area contributed by atoms with E-state index in [-0.39, 0.29) is 17.2 Å². The molecule has 3 aromatic rings. The van der Waals surface area contributed by atoms with Crippen molar-refractivity contribution >= 4 is 53.0 Å². The average Bonchev–Trinajstić information content (AvgIpc) is 2.72. The van der Waals surface area contributed by atoms with Crippen LogP contribution < -0.4 is 11.1 Å². The number of aromatic nitrogens is 2. The topological polar surface area (TPSA) is 93.0 Å². The van der Waals surface area contributed by atoms with E-state index in [2.05, 4.69) is 15.3 Å². The van der Waals surface area contributed by atoms with Crippen LogP contribution in [0, 0.1) is 4.77 Å². The zero-order valence-electron chi connectivity index (χ0n) is 16.4. The summed E-state index contributed by atoms with van der Waals surface area (Å²) in [6.45, 7) is 1.88. The number of hydrogen-bond donors (Lipinski definition) is 3. The molecule has 4 N–H and O–H groups in total. The highest BCUT2D eigenvalue weighted by molar-refractivity contribution is 7.71. The molecule has 1 aliphatic rings. The molecule has 0 amide bonds. The van der Waals surface area contributed by atoms with Gasteiger partial charge in [-0.15, -0.1) is 0 Å². The number of hydrogen-bond acceptors (Lipinski definition) is 6. The predicted molar refractivity (Wildman–Crippen MR) is 125 cm³/mol. The molecule has 9 heteroatoms. The van der Waals surface area contributed by atoms with Crippen LogP contribution in [0.15, 0.2) is 59.8 Å². The molecule has 1 aliphatic heterocycles. The number of carbonyl (C=O) groups excluding carboxylic acids is 1. The number of nitrogens with zero attached hydrogens (tertiary/aromatic N) is 1. The Labute approximate surface area is 194 Å². The van der Waals surface area contributed by atoms with E-state index in [4.69, 9.17) is 45.9 Å². The molecular weight excluding hydrogens is 455 g/mol. The van der Waals surface area contributed by atoms with Gasteiger partial charge in [0.05, 0.1) is 11.5 Å². The third kappa shape index (κ3) is 4.17. The molecule has 0 saturated carbocycles. The quantitative estimate of drug-likeness (QED) is 0.337. The summed E-state index contributed by atoms with van der Waals surface area (Å²) in [5, 5.41) is 3.92. The fourth-order valence-corrected chi connectivity index (χ4v) is 4.46. The average molecular weight is 473 g/mol. The Morgan fingerprint density at radius 2 is 1.81 bits per heavy atom. The Morgan fingerprint density at radius 3 is 2.48 bits per heavy atom. The van der Waals surface area contributed by atoms with Gasteiger partial charge in [0.15, 0.2) is 4.77 Å². The number of H-pyrrole nitrogens is 1. The van der Waals surface area contributed by atoms with Crippen LogP contribution in [0.5, 0.6) is 0 Å². The van der Waals surface area contributed by atoms with Crippen LogP contribution in [-0.4, -0.2) is 15.9 Å². The van der Waals surface area contributed by atoms with Gasteiger partial charge in [0.1, 0.15) is 18.2 Å². The molecule has 158 valence electrons. The van der Waals surface area contributed by atoms with Crippen LogP contribution in [0.1, 0.15) is 29.5 Å². The van der Waals surface area contributed by atoms with Crippen LogP contribution in [0.25, 0.3) is 0 Å². The van der Waals surface area contributed by atoms with Gasteiger partial charge in [-0.1, -0.05) is 59.6 Å². The van der Waals surface area contributed by atoms with Crippen LogP contribution in [-0.2, 0) is 16.1 Å². The van der Waals surface area contributed by atoms with Gasteiger partial charge in [-0.2, -0.15) is 0 Å². The van der Waals surface area contributed by atoms with Crippen LogP contribution in [0.3, 0.4) is 0 Å². The monoisotopic (exact) mass is 472 g/mol. The number of ether oxygens (including phenoxy) is 1. The highest BCUT2D eigenvalue weighted by Crippen LogP contribution is 2.47. The first-order valence-corrected chi connectivity index (χ1v) is 10.6. The number of halogens is 2. The SMILES string of the molecule is CC1=C(C(=O)OCc2ccccc2)C(c2c(Cl)cccc2Cl)c2c(nc(=S)[nH]c2N)N1. The first-order chi connectivity index (χ1) is 14.9. The van der Waals surface area contributed by atoms with Crippen molar-refractivity contribution in [1.29, 1.82) is 0 Å². The lowest BCUT2D eigenvalue weighted by Gasteiger charge is -2.31. The number of allylic oxidation sites excluding steroid dienone is 1. The Kier molecular flexibility index (Phi) is 6.00. The zero-order chi connectivity index (χ0) is 22.1. The Balaban J connectivity index is 1.84. The van der Waals surface area contributed by atoms with Gasteiger partial charge < -0.3 is 20.8 Å². The normalized spacial score (nSPS) is 15.3. The molecule has 4 rings (SSSR count). The molecule has 0 aliphatic carbocycles. The second-order valence-electron chi connectivity index (χ2n) is 7.01. The van der Waals surface area contributed by atoms with Crippen molar-refractivity contribution in [3.05, 3.63) is 91.3 Å². The highest BCUT2D eigenvalue weighted by Gasteiger charge is 2.38. The number of carbonyl (C=O) groups is 1. The van der Waals surface area contributed by atoms with Crippen molar-refractivity contribution in [2.45, 2.75) is 19.4 Å². The smallest absolute Gasteiger partial charge is 0.337 e. The molecule has 0 bridgehead atoms. The molecule has 0 saturated heterocycles. The lowest BCUT2D eigenvalue weighted by Crippen LogP contribution is -2.27. The number of rotatable bonds is 4. The summed E-state index contributed by atoms with van der Waals surface area (Å²) in [4.78, 5) is 20.5. The van der Waals surface area contributed by atoms with Gasteiger partial charge in [-0.05, 0) is 36.8 Å². The van der Waals surface area contributed by atoms with E-state index in [1.54, 1.807) is 25.1 Å². The molecule has 0 fully saturated rings. The van der Waals surface area contributed by atoms with Gasteiger partial charge in [-0.25, -0.2) is 9.78 Å². The molecular formula is C22H18Cl2N4O2S. The molecule has 6 nitrogen and oxygen atoms in total. The number of aromatic amines is 1. The number of anilines is 2. The first-order valence-electron chi connectivity index (χ1n) is 9.39. The molecule has 1 aromatic heterocycles. The van der Waals surface area contributed by atoms with E-state index in [0.717, 1.165) is 5.56 Å². The predicted octanol–water partition coefficient (Wildman–Crippen LogP) is 5.60. The van der Waals surface area contributed by atoms with Crippen molar-refractivity contribution in [1.82, 2.24) is 9.97 Å². The minimum atomic E-state index is -0.694. The molecule has 1 atom stereocenters. The van der Waals surface area contributed by atoms with Crippen molar-refractivity contribution in [2.24, 2.45) is 0 Å². The lowest BCUT2D eigenvalue weighted by molar-refractivity contribution is -0.140. The van der Waals surface area contributed by atoms with Crippen molar-refractivity contribution in [3.63, 3.8) is 0 Å². The number of nitrogen functional groups attached to an aromatic ring is 1. The second kappa shape index (κ2) is 8.70. The molecule has 0 radical (unpaired) electrons. The Hall–Kier alpha value is -2.87. The fourth-order valence-electron chi connectivity index (χ4n) is 3.64. The Morgan fingerprint density at radius 1 is 1.13 bits per heavy atom. The largest absolute Gasteiger partial charge is 0.457 e. The van der Waals surface area contributed by atoms with Crippen molar-refractivity contribution < 1.29 is 9.53 Å². The zero-order valence-corrected chi connectivity index (χ0v) is 18.7. The van der Waals surface area contributed by atoms with Crippen LogP contribution in [0.4, 0.5) is 11.6 Å². The van der Waals surface area contributed by atoms with E-state index in [1.165, 1.54) is 0 Å². The summed E-state index contributed by atoms with van der Waals surface area (Å²) >= 11 is 18.2. The lowest BCUT2D eigenvalue weighted by atomic mass is 9.82. The Bertz CT molecular complexity index is 1240. The van der Waals surface area contributed by atoms with Gasteiger partial charge in [-0.3, -0.25) is 0 Å². The molecule has 0 spiro atoms. The molecule has 31 heavy (non-hydrogen) atoms. The number of nitrogens with one attached hydrogen (secondary N) is 2. The minimum Gasteiger partial charge on any atom is -0.457 e. The van der Waals surface area contributed by atoms with Gasteiger partial charge >= 0.3 is 5.97 Å². The summed E-state index contributed by atoms with van der Waals surface area (Å²) in [5.41, 5.74) is 9.12. The van der Waals surface area contributed by atoms with E-state index < -0.39 is 11.9 Å². The van der Waals surface area contributed by atoms with Gasteiger partial charge in [0.25, 0.3) is 0 Å². The fraction of sp³-hybridized carbons (Fsp3) is 0.136. The second-order valence-corrected chi connectivity index (χ2v) is 8.21. The third-order valence-corrected chi connectivity index (χ3v) is 5.86. The van der Waals surface area contributed by atoms with Gasteiger partial charge in [0.2, 0.25) is 0 Å². The van der Waals surface area contributed by atoms with E-state index in [9.17, 15) is 4.79 Å². The van der Waals surface area contributed by atoms with E-state index in [1.807, 2.05) is 30.3 Å². The summed E-state index contributed by atoms with van der Waals surface area (Å²) in [6, 6.07) is 14.6. The highest BCUT2D eigenvalue weighted by atomic mass is 35.5. The maximum absolute atomic E-state index is 13.3.